The molecule has 4 aliphatic rings. The molecule has 0 radical (unpaired) electrons. The Labute approximate surface area is 471 Å². The van der Waals surface area contributed by atoms with Crippen molar-refractivity contribution < 1.29 is 27.0 Å². The second kappa shape index (κ2) is 27.9. The van der Waals surface area contributed by atoms with E-state index in [1.807, 2.05) is 60.7 Å². The fourth-order valence-electron chi connectivity index (χ4n) is 11.3. The van der Waals surface area contributed by atoms with Crippen molar-refractivity contribution in [3.05, 3.63) is 144 Å². The first-order valence-corrected chi connectivity index (χ1v) is 30.9. The number of amides is 1. The zero-order valence-corrected chi connectivity index (χ0v) is 47.7. The van der Waals surface area contributed by atoms with E-state index in [0.29, 0.717) is 35.8 Å². The lowest BCUT2D eigenvalue weighted by atomic mass is 9.94. The number of aryl methyl sites for hydroxylation is 1. The van der Waals surface area contributed by atoms with Gasteiger partial charge in [0.2, 0.25) is 5.91 Å². The van der Waals surface area contributed by atoms with Crippen LogP contribution in [0.25, 0.3) is 5.57 Å². The molecule has 3 atom stereocenters. The van der Waals surface area contributed by atoms with E-state index in [-0.39, 0.29) is 28.4 Å². The lowest BCUT2D eigenvalue weighted by Crippen LogP contribution is -2.55. The Morgan fingerprint density at radius 1 is 0.731 bits per heavy atom. The third-order valence-electron chi connectivity index (χ3n) is 15.9. The number of nitrogens with one attached hydrogen (secondary N) is 2. The summed E-state index contributed by atoms with van der Waals surface area (Å²) in [7, 11) is -1.63. The predicted molar refractivity (Wildman–Crippen MR) is 316 cm³/mol. The highest BCUT2D eigenvalue weighted by atomic mass is 32.2. The maximum absolute atomic E-state index is 14.4. The molecule has 10 nitrogen and oxygen atoms in total. The van der Waals surface area contributed by atoms with E-state index in [9.17, 15) is 27.0 Å². The van der Waals surface area contributed by atoms with Gasteiger partial charge in [-0.3, -0.25) is 9.69 Å². The van der Waals surface area contributed by atoms with Crippen LogP contribution in [0.4, 0.5) is 30.2 Å². The molecule has 5 aromatic carbocycles. The molecule has 3 heterocycles. The number of piperazine rings is 2. The quantitative estimate of drug-likeness (QED) is 0.0484. The fourth-order valence-corrected chi connectivity index (χ4v) is 14.0. The maximum Gasteiger partial charge on any atom is 0.475 e. The van der Waals surface area contributed by atoms with Crippen molar-refractivity contribution in [1.82, 2.24) is 20.0 Å². The van der Waals surface area contributed by atoms with Gasteiger partial charge in [0, 0.05) is 148 Å². The number of benzene rings is 5. The van der Waals surface area contributed by atoms with Gasteiger partial charge >= 0.3 is 5.51 Å². The molecule has 1 amide bonds. The molecular formula is C62H76F3N7O3S3. The number of thioether (sulfide) groups is 1. The smallest absolute Gasteiger partial charge is 0.380 e. The molecule has 416 valence electrons. The third kappa shape index (κ3) is 16.1. The average molecular weight is 1120 g/mol. The van der Waals surface area contributed by atoms with E-state index < -0.39 is 16.3 Å². The van der Waals surface area contributed by atoms with Gasteiger partial charge in [-0.1, -0.05) is 83.9 Å². The van der Waals surface area contributed by atoms with Crippen molar-refractivity contribution in [3.8, 4) is 0 Å². The fraction of sp³-hybridized carbons (Fsp3) is 0.452. The first-order chi connectivity index (χ1) is 37.9. The molecule has 1 aliphatic carbocycles. The Kier molecular flexibility index (Phi) is 20.6. The Morgan fingerprint density at radius 2 is 1.38 bits per heavy atom. The van der Waals surface area contributed by atoms with E-state index in [0.717, 1.165) is 125 Å². The molecule has 3 unspecified atom stereocenters. The van der Waals surface area contributed by atoms with Crippen molar-refractivity contribution in [2.75, 3.05) is 113 Å². The number of anilines is 3. The van der Waals surface area contributed by atoms with Crippen molar-refractivity contribution in [2.24, 2.45) is 5.92 Å². The van der Waals surface area contributed by atoms with Crippen LogP contribution in [0.15, 0.2) is 146 Å². The van der Waals surface area contributed by atoms with E-state index in [4.69, 9.17) is 0 Å². The number of alkyl halides is 3. The minimum Gasteiger partial charge on any atom is -0.380 e. The average Bonchev–Trinajstić information content (AvgIpc) is 3.73. The van der Waals surface area contributed by atoms with Gasteiger partial charge in [-0.25, -0.2) is 4.21 Å². The van der Waals surface area contributed by atoms with E-state index in [2.05, 4.69) is 90.6 Å². The van der Waals surface area contributed by atoms with Crippen LogP contribution in [0.2, 0.25) is 0 Å². The Balaban J connectivity index is 0.772. The highest BCUT2D eigenvalue weighted by molar-refractivity contribution is 7.99. The third-order valence-corrected chi connectivity index (χ3v) is 19.2. The number of carbonyl (C=O) groups is 2. The Morgan fingerprint density at radius 3 is 2.08 bits per heavy atom. The van der Waals surface area contributed by atoms with Crippen LogP contribution in [-0.4, -0.2) is 141 Å². The van der Waals surface area contributed by atoms with Gasteiger partial charge in [0.1, 0.15) is 6.29 Å². The van der Waals surface area contributed by atoms with Gasteiger partial charge in [0.25, 0.3) is 0 Å². The normalized spacial score (nSPS) is 18.5. The molecule has 0 bridgehead atoms. The van der Waals surface area contributed by atoms with Crippen LogP contribution in [0.3, 0.4) is 0 Å². The minimum absolute atomic E-state index is 0.0670. The second-order valence-corrected chi connectivity index (χ2v) is 25.1. The maximum atomic E-state index is 14.4. The molecule has 3 fully saturated rings. The number of aldehydes is 1. The molecule has 2 N–H and O–H groups in total. The summed E-state index contributed by atoms with van der Waals surface area (Å²) in [5.41, 5.74) is 4.35. The molecule has 9 rings (SSSR count). The predicted octanol–water partition coefficient (Wildman–Crippen LogP) is 11.8. The molecule has 5 aromatic rings. The number of halogens is 3. The SMILES string of the molecule is CNC(=O)CCC(C=O)c1ccc(N2CC(CN3CCN(CCC(CSc4ccccc4)Nc4ccc(Sc5ccc(N6CCN(CC7=C(c8ccc(C)cc8)CCCCC7)CC6)cc5)cc4S(=O)C(F)(F)F)CC3)C2)cc1. The number of hydrogen-bond donors (Lipinski definition) is 2. The zero-order valence-electron chi connectivity index (χ0n) is 45.2. The van der Waals surface area contributed by atoms with Crippen LogP contribution in [0.5, 0.6) is 0 Å². The zero-order chi connectivity index (χ0) is 54.4. The van der Waals surface area contributed by atoms with Crippen LogP contribution < -0.4 is 20.4 Å². The van der Waals surface area contributed by atoms with Crippen LogP contribution in [0, 0.1) is 12.8 Å². The highest BCUT2D eigenvalue weighted by Gasteiger charge is 2.40. The van der Waals surface area contributed by atoms with E-state index in [1.165, 1.54) is 54.6 Å². The number of hydrogen-bond acceptors (Lipinski definition) is 11. The van der Waals surface area contributed by atoms with Crippen molar-refractivity contribution >= 4 is 69.2 Å². The van der Waals surface area contributed by atoms with Crippen LogP contribution in [0.1, 0.15) is 74.0 Å². The molecule has 0 aromatic heterocycles. The van der Waals surface area contributed by atoms with Crippen LogP contribution >= 0.6 is 23.5 Å². The molecule has 16 heteroatoms. The lowest BCUT2D eigenvalue weighted by Gasteiger charge is -2.45. The van der Waals surface area contributed by atoms with Crippen molar-refractivity contribution in [3.63, 3.8) is 0 Å². The van der Waals surface area contributed by atoms with Crippen molar-refractivity contribution in [1.29, 1.82) is 0 Å². The lowest BCUT2D eigenvalue weighted by molar-refractivity contribution is -0.120. The molecule has 3 saturated heterocycles. The molecule has 0 spiro atoms. The van der Waals surface area contributed by atoms with Crippen molar-refractivity contribution in [2.45, 2.75) is 95.3 Å². The summed E-state index contributed by atoms with van der Waals surface area (Å²) in [6.07, 6.45) is 8.56. The first-order valence-electron chi connectivity index (χ1n) is 27.9. The summed E-state index contributed by atoms with van der Waals surface area (Å²) < 4.78 is 56.5. The van der Waals surface area contributed by atoms with E-state index in [1.54, 1.807) is 36.0 Å². The molecular weight excluding hydrogens is 1040 g/mol. The van der Waals surface area contributed by atoms with Crippen LogP contribution in [-0.2, 0) is 20.4 Å². The number of carbonyl (C=O) groups excluding carboxylic acids is 2. The van der Waals surface area contributed by atoms with Gasteiger partial charge in [-0.05, 0) is 129 Å². The van der Waals surface area contributed by atoms with Gasteiger partial charge < -0.3 is 35.0 Å². The van der Waals surface area contributed by atoms with Gasteiger partial charge in [0.05, 0.1) is 10.6 Å². The summed E-state index contributed by atoms with van der Waals surface area (Å²) >= 11 is 3.05. The molecule has 78 heavy (non-hydrogen) atoms. The van der Waals surface area contributed by atoms with Gasteiger partial charge in [-0.15, -0.1) is 11.8 Å². The minimum atomic E-state index is -4.92. The number of rotatable bonds is 23. The Hall–Kier alpha value is -5.10. The standard InChI is InChI=1S/C62H76F3N7O3S3/c1-46-13-15-49(16-14-46)58-12-8-3-5-9-50(58)43-70-35-37-71(38-36-70)53-22-24-56(25-23-53)77-57-26-27-59(60(39-57)78(75)62(63,64)65)67-52(45-76-55-10-6-4-7-11-55)29-30-68-31-33-69(34-32-68)40-47-41-72(42-47)54-20-17-48(18-21-54)51(44-73)19-28-61(74)66-2/h4,6-7,10-11,13-18,20-27,39,44,47,51-52,67H,3,5,8-9,12,19,28-38,40-43,45H2,1-2H3,(H,66,74). The Bertz CT molecular complexity index is 2780. The highest BCUT2D eigenvalue weighted by Crippen LogP contribution is 2.38. The summed E-state index contributed by atoms with van der Waals surface area (Å²) in [5, 5.41) is 6.09. The second-order valence-electron chi connectivity index (χ2n) is 21.5. The topological polar surface area (TPSA) is 91.5 Å². The van der Waals surface area contributed by atoms with Gasteiger partial charge in [-0.2, -0.15) is 13.2 Å². The largest absolute Gasteiger partial charge is 0.475 e. The molecule has 0 saturated carbocycles. The van der Waals surface area contributed by atoms with E-state index >= 15 is 0 Å². The van der Waals surface area contributed by atoms with Gasteiger partial charge in [0.15, 0.2) is 10.8 Å². The summed E-state index contributed by atoms with van der Waals surface area (Å²) in [4.78, 5) is 38.2. The monoisotopic (exact) mass is 1120 g/mol. The molecule has 3 aliphatic heterocycles. The number of allylic oxidation sites excluding steroid dienone is 1. The summed E-state index contributed by atoms with van der Waals surface area (Å²) in [5.74, 6) is 0.825. The summed E-state index contributed by atoms with van der Waals surface area (Å²) in [6, 6.07) is 40.3. The summed E-state index contributed by atoms with van der Waals surface area (Å²) in [6.45, 7) is 14.5. The number of nitrogens with zero attached hydrogens (tertiary/aromatic N) is 5. The first kappa shape index (κ1) is 57.6.